The summed E-state index contributed by atoms with van der Waals surface area (Å²) in [5.74, 6) is 0. The molecule has 0 aliphatic rings. The summed E-state index contributed by atoms with van der Waals surface area (Å²) < 4.78 is 0. The zero-order valence-corrected chi connectivity index (χ0v) is 14.0. The Labute approximate surface area is 139 Å². The van der Waals surface area contributed by atoms with Crippen molar-refractivity contribution in [3.8, 4) is 0 Å². The summed E-state index contributed by atoms with van der Waals surface area (Å²) in [5, 5.41) is 20.9. The lowest BCUT2D eigenvalue weighted by molar-refractivity contribution is -0.385. The molecule has 0 aliphatic heterocycles. The van der Waals surface area contributed by atoms with Crippen molar-refractivity contribution in [2.45, 2.75) is 27.7 Å². The Morgan fingerprint density at radius 2 is 1.25 bits per heavy atom. The first-order valence-electron chi connectivity index (χ1n) is 7.08. The molecule has 4 N–H and O–H groups in total. The number of hydrogen-bond acceptors (Lipinski definition) is 6. The third-order valence-electron chi connectivity index (χ3n) is 3.96. The van der Waals surface area contributed by atoms with Crippen LogP contribution in [0.2, 0.25) is 0 Å². The highest BCUT2D eigenvalue weighted by Gasteiger charge is 2.13. The van der Waals surface area contributed by atoms with Crippen LogP contribution in [0.25, 0.3) is 0 Å². The van der Waals surface area contributed by atoms with Crippen LogP contribution in [0.4, 0.5) is 22.7 Å². The number of nitrogen functional groups attached to an aromatic ring is 2. The van der Waals surface area contributed by atoms with E-state index in [1.807, 2.05) is 6.92 Å². The van der Waals surface area contributed by atoms with E-state index in [-0.39, 0.29) is 17.1 Å². The fraction of sp³-hybridized carbons (Fsp3) is 0.250. The van der Waals surface area contributed by atoms with Crippen molar-refractivity contribution in [1.29, 1.82) is 0 Å². The summed E-state index contributed by atoms with van der Waals surface area (Å²) in [6, 6.07) is 6.11. The van der Waals surface area contributed by atoms with Crippen molar-refractivity contribution in [1.82, 2.24) is 0 Å². The van der Waals surface area contributed by atoms with E-state index >= 15 is 0 Å². The highest BCUT2D eigenvalue weighted by Crippen LogP contribution is 2.26. The van der Waals surface area contributed by atoms with Gasteiger partial charge in [-0.1, -0.05) is 6.07 Å². The number of nitro groups is 2. The van der Waals surface area contributed by atoms with Gasteiger partial charge < -0.3 is 11.5 Å². The second-order valence-electron chi connectivity index (χ2n) is 5.38. The Bertz CT molecular complexity index is 736. The van der Waals surface area contributed by atoms with Crippen LogP contribution in [0.1, 0.15) is 22.3 Å². The van der Waals surface area contributed by atoms with Crippen molar-refractivity contribution >= 4 is 22.7 Å². The van der Waals surface area contributed by atoms with Crippen LogP contribution in [0, 0.1) is 47.9 Å². The standard InChI is InChI=1S/2C8H10N2O2/c1-5-6(2)8(10(11)12)4-3-7(5)9;1-5-3-4-7(10(11)12)8(9)6(5)2/h2*3-4H,9H2,1-2H3. The minimum Gasteiger partial charge on any atom is -0.398 e. The average Bonchev–Trinajstić information content (AvgIpc) is 2.50. The summed E-state index contributed by atoms with van der Waals surface area (Å²) in [7, 11) is 0. The first-order valence-corrected chi connectivity index (χ1v) is 7.08. The molecule has 0 unspecified atom stereocenters. The van der Waals surface area contributed by atoms with Crippen LogP contribution >= 0.6 is 0 Å². The quantitative estimate of drug-likeness (QED) is 0.489. The van der Waals surface area contributed by atoms with Gasteiger partial charge >= 0.3 is 0 Å². The maximum absolute atomic E-state index is 10.5. The van der Waals surface area contributed by atoms with E-state index < -0.39 is 9.85 Å². The molecule has 0 saturated heterocycles. The van der Waals surface area contributed by atoms with E-state index in [0.717, 1.165) is 16.7 Å². The number of aryl methyl sites for hydroxylation is 1. The highest BCUT2D eigenvalue weighted by atomic mass is 16.6. The Morgan fingerprint density at radius 1 is 0.750 bits per heavy atom. The molecule has 0 aromatic heterocycles. The molecule has 128 valence electrons. The van der Waals surface area contributed by atoms with Crippen molar-refractivity contribution in [3.63, 3.8) is 0 Å². The lowest BCUT2D eigenvalue weighted by Crippen LogP contribution is -1.99. The Balaban J connectivity index is 0.000000240. The molecule has 2 aromatic carbocycles. The molecule has 2 aromatic rings. The molecule has 0 heterocycles. The first-order chi connectivity index (χ1) is 11.1. The molecular formula is C16H20N4O4. The fourth-order valence-corrected chi connectivity index (χ4v) is 2.01. The van der Waals surface area contributed by atoms with Gasteiger partial charge in [0.2, 0.25) is 0 Å². The number of hydrogen-bond donors (Lipinski definition) is 2. The number of nitrogens with two attached hydrogens (primary N) is 2. The van der Waals surface area contributed by atoms with Gasteiger partial charge in [0.1, 0.15) is 5.69 Å². The molecule has 0 radical (unpaired) electrons. The zero-order valence-electron chi connectivity index (χ0n) is 14.0. The van der Waals surface area contributed by atoms with Gasteiger partial charge in [0, 0.05) is 23.4 Å². The summed E-state index contributed by atoms with van der Waals surface area (Å²) in [4.78, 5) is 20.0. The van der Waals surface area contributed by atoms with Gasteiger partial charge in [-0.3, -0.25) is 20.2 Å². The molecule has 0 bridgehead atoms. The van der Waals surface area contributed by atoms with Crippen molar-refractivity contribution in [3.05, 3.63) is 66.7 Å². The van der Waals surface area contributed by atoms with Gasteiger partial charge in [-0.25, -0.2) is 0 Å². The van der Waals surface area contributed by atoms with Crippen LogP contribution < -0.4 is 11.5 Å². The van der Waals surface area contributed by atoms with Crippen LogP contribution in [-0.2, 0) is 0 Å². The summed E-state index contributed by atoms with van der Waals surface area (Å²) in [6.07, 6.45) is 0. The van der Waals surface area contributed by atoms with Gasteiger partial charge in [-0.05, 0) is 50.5 Å². The largest absolute Gasteiger partial charge is 0.398 e. The molecule has 0 fully saturated rings. The van der Waals surface area contributed by atoms with Gasteiger partial charge in [-0.15, -0.1) is 0 Å². The van der Waals surface area contributed by atoms with Gasteiger partial charge in [-0.2, -0.15) is 0 Å². The number of anilines is 2. The minimum atomic E-state index is -0.470. The minimum absolute atomic E-state index is 0.0156. The molecule has 0 atom stereocenters. The highest BCUT2D eigenvalue weighted by molar-refractivity contribution is 5.64. The topological polar surface area (TPSA) is 138 Å². The summed E-state index contributed by atoms with van der Waals surface area (Å²) in [6.45, 7) is 7.12. The monoisotopic (exact) mass is 332 g/mol. The van der Waals surface area contributed by atoms with Crippen LogP contribution in [0.3, 0.4) is 0 Å². The van der Waals surface area contributed by atoms with Crippen LogP contribution in [0.15, 0.2) is 24.3 Å². The molecule has 0 spiro atoms. The Morgan fingerprint density at radius 3 is 1.75 bits per heavy atom. The van der Waals surface area contributed by atoms with Gasteiger partial charge in [0.05, 0.1) is 9.85 Å². The molecule has 24 heavy (non-hydrogen) atoms. The number of nitro benzene ring substituents is 2. The molecule has 8 heteroatoms. The van der Waals surface area contributed by atoms with Crippen molar-refractivity contribution < 1.29 is 9.85 Å². The zero-order chi connectivity index (χ0) is 18.6. The Hall–Kier alpha value is -3.16. The average molecular weight is 332 g/mol. The Kier molecular flexibility index (Phi) is 5.83. The SMILES string of the molecule is Cc1c(N)ccc([N+](=O)[O-])c1C.Cc1ccc([N+](=O)[O-])c(N)c1C. The third-order valence-corrected chi connectivity index (χ3v) is 3.96. The molecular weight excluding hydrogens is 312 g/mol. The van der Waals surface area contributed by atoms with E-state index in [2.05, 4.69) is 0 Å². The maximum Gasteiger partial charge on any atom is 0.292 e. The van der Waals surface area contributed by atoms with Crippen molar-refractivity contribution in [2.24, 2.45) is 0 Å². The predicted octanol–water partition coefficient (Wildman–Crippen LogP) is 3.59. The van der Waals surface area contributed by atoms with Crippen molar-refractivity contribution in [2.75, 3.05) is 11.5 Å². The van der Waals surface area contributed by atoms with Crippen LogP contribution in [-0.4, -0.2) is 9.85 Å². The van der Waals surface area contributed by atoms with E-state index in [1.54, 1.807) is 32.9 Å². The van der Waals surface area contributed by atoms with Crippen LogP contribution in [0.5, 0.6) is 0 Å². The van der Waals surface area contributed by atoms with E-state index in [0.29, 0.717) is 11.3 Å². The van der Waals surface area contributed by atoms with E-state index in [9.17, 15) is 20.2 Å². The van der Waals surface area contributed by atoms with E-state index in [4.69, 9.17) is 11.5 Å². The first kappa shape index (κ1) is 18.9. The lowest BCUT2D eigenvalue weighted by atomic mass is 10.1. The maximum atomic E-state index is 10.5. The number of rotatable bonds is 2. The summed E-state index contributed by atoms with van der Waals surface area (Å²) >= 11 is 0. The van der Waals surface area contributed by atoms with Gasteiger partial charge in [0.15, 0.2) is 0 Å². The second kappa shape index (κ2) is 7.40. The lowest BCUT2D eigenvalue weighted by Gasteiger charge is -2.03. The summed E-state index contributed by atoms with van der Waals surface area (Å²) in [5.41, 5.74) is 15.3. The third kappa shape index (κ3) is 3.97. The molecule has 0 amide bonds. The molecule has 0 saturated carbocycles. The van der Waals surface area contributed by atoms with E-state index in [1.165, 1.54) is 12.1 Å². The smallest absolute Gasteiger partial charge is 0.292 e. The second-order valence-corrected chi connectivity index (χ2v) is 5.38. The van der Waals surface area contributed by atoms with Gasteiger partial charge in [0.25, 0.3) is 11.4 Å². The molecule has 8 nitrogen and oxygen atoms in total. The normalized spacial score (nSPS) is 9.83. The number of nitrogens with zero attached hydrogens (tertiary/aromatic N) is 2. The number of benzene rings is 2. The molecule has 0 aliphatic carbocycles. The fourth-order valence-electron chi connectivity index (χ4n) is 2.01. The predicted molar refractivity (Wildman–Crippen MR) is 94.0 cm³/mol. The molecule has 2 rings (SSSR count).